The predicted octanol–water partition coefficient (Wildman–Crippen LogP) is 2.35. The first-order valence-electron chi connectivity index (χ1n) is 6.44. The molecule has 2 heteroatoms. The summed E-state index contributed by atoms with van der Waals surface area (Å²) in [6, 6.07) is 0. The van der Waals surface area contributed by atoms with Crippen LogP contribution in [0.15, 0.2) is 0 Å². The van der Waals surface area contributed by atoms with Gasteiger partial charge in [0.2, 0.25) is 0 Å². The van der Waals surface area contributed by atoms with E-state index in [0.29, 0.717) is 5.41 Å². The van der Waals surface area contributed by atoms with E-state index in [9.17, 15) is 0 Å². The second-order valence-electron chi connectivity index (χ2n) is 6.07. The number of piperidine rings is 1. The van der Waals surface area contributed by atoms with E-state index in [4.69, 9.17) is 0 Å². The molecule has 0 amide bonds. The Morgan fingerprint density at radius 2 is 1.80 bits per heavy atom. The summed E-state index contributed by atoms with van der Waals surface area (Å²) in [4.78, 5) is 2.56. The molecule has 1 fully saturated rings. The molecule has 1 aliphatic rings. The Kier molecular flexibility index (Phi) is 5.07. The number of nitrogens with one attached hydrogen (secondary N) is 1. The lowest BCUT2D eigenvalue weighted by Crippen LogP contribution is -2.38. The van der Waals surface area contributed by atoms with E-state index in [2.05, 4.69) is 37.9 Å². The van der Waals surface area contributed by atoms with E-state index in [-0.39, 0.29) is 0 Å². The molecule has 2 nitrogen and oxygen atoms in total. The number of likely N-dealkylation sites (tertiary alicyclic amines) is 1. The predicted molar refractivity (Wildman–Crippen MR) is 67.2 cm³/mol. The molecule has 0 radical (unpaired) electrons. The van der Waals surface area contributed by atoms with Crippen molar-refractivity contribution < 1.29 is 0 Å². The molecule has 1 heterocycles. The maximum Gasteiger partial charge on any atom is -0.000000930 e. The highest BCUT2D eigenvalue weighted by Crippen LogP contribution is 2.17. The molecular weight excluding hydrogens is 184 g/mol. The molecule has 0 atom stereocenters. The minimum atomic E-state index is 0.421. The van der Waals surface area contributed by atoms with Gasteiger partial charge in [-0.1, -0.05) is 27.7 Å². The highest BCUT2D eigenvalue weighted by molar-refractivity contribution is 4.74. The van der Waals surface area contributed by atoms with Crippen molar-refractivity contribution in [3.05, 3.63) is 0 Å². The van der Waals surface area contributed by atoms with Crippen LogP contribution in [0.4, 0.5) is 0 Å². The molecular formula is C13H28N2. The van der Waals surface area contributed by atoms with Crippen molar-refractivity contribution in [1.29, 1.82) is 0 Å². The van der Waals surface area contributed by atoms with E-state index in [0.717, 1.165) is 12.5 Å². The lowest BCUT2D eigenvalue weighted by Gasteiger charge is -2.31. The molecule has 1 rings (SSSR count). The van der Waals surface area contributed by atoms with Gasteiger partial charge < -0.3 is 10.2 Å². The zero-order valence-corrected chi connectivity index (χ0v) is 11.0. The zero-order valence-electron chi connectivity index (χ0n) is 11.0. The van der Waals surface area contributed by atoms with Gasteiger partial charge in [0, 0.05) is 0 Å². The molecule has 0 aromatic heterocycles. The molecule has 0 saturated carbocycles. The van der Waals surface area contributed by atoms with Crippen molar-refractivity contribution in [3.63, 3.8) is 0 Å². The summed E-state index contributed by atoms with van der Waals surface area (Å²) >= 11 is 0. The molecule has 1 saturated heterocycles. The van der Waals surface area contributed by atoms with Crippen LogP contribution in [0.1, 0.15) is 40.5 Å². The van der Waals surface area contributed by atoms with Gasteiger partial charge in [-0.3, -0.25) is 0 Å². The fourth-order valence-electron chi connectivity index (χ4n) is 2.16. The molecule has 90 valence electrons. The highest BCUT2D eigenvalue weighted by atomic mass is 15.1. The summed E-state index contributed by atoms with van der Waals surface area (Å²) in [6.07, 6.45) is 2.76. The maximum absolute atomic E-state index is 3.61. The van der Waals surface area contributed by atoms with Gasteiger partial charge in [0.1, 0.15) is 0 Å². The van der Waals surface area contributed by atoms with Gasteiger partial charge in [-0.05, 0) is 56.9 Å². The van der Waals surface area contributed by atoms with Crippen LogP contribution in [0.2, 0.25) is 0 Å². The van der Waals surface area contributed by atoms with Gasteiger partial charge in [-0.25, -0.2) is 0 Å². The molecule has 0 aliphatic carbocycles. The van der Waals surface area contributed by atoms with Gasteiger partial charge in [0.25, 0.3) is 0 Å². The molecule has 0 aromatic carbocycles. The van der Waals surface area contributed by atoms with Crippen LogP contribution in [0.5, 0.6) is 0 Å². The van der Waals surface area contributed by atoms with Gasteiger partial charge in [-0.15, -0.1) is 0 Å². The Labute approximate surface area is 95.4 Å². The van der Waals surface area contributed by atoms with Crippen LogP contribution in [0.25, 0.3) is 0 Å². The van der Waals surface area contributed by atoms with Crippen LogP contribution < -0.4 is 5.32 Å². The smallest absolute Gasteiger partial charge is 0.000000930 e. The zero-order chi connectivity index (χ0) is 11.3. The molecule has 1 N–H and O–H groups in total. The average Bonchev–Trinajstić information content (AvgIpc) is 2.17. The molecule has 0 bridgehead atoms. The summed E-state index contributed by atoms with van der Waals surface area (Å²) in [7, 11) is 0. The third-order valence-corrected chi connectivity index (χ3v) is 3.24. The van der Waals surface area contributed by atoms with Crippen LogP contribution in [-0.4, -0.2) is 37.6 Å². The van der Waals surface area contributed by atoms with Gasteiger partial charge in [-0.2, -0.15) is 0 Å². The summed E-state index contributed by atoms with van der Waals surface area (Å²) in [5.74, 6) is 0.912. The van der Waals surface area contributed by atoms with Crippen molar-refractivity contribution >= 4 is 0 Å². The summed E-state index contributed by atoms with van der Waals surface area (Å²) in [6.45, 7) is 15.3. The SMILES string of the molecule is CCN1CCC(CNCC(C)(C)C)CC1. The van der Waals surface area contributed by atoms with Crippen molar-refractivity contribution in [2.75, 3.05) is 32.7 Å². The monoisotopic (exact) mass is 212 g/mol. The number of hydrogen-bond acceptors (Lipinski definition) is 2. The van der Waals surface area contributed by atoms with Gasteiger partial charge in [0.05, 0.1) is 0 Å². The van der Waals surface area contributed by atoms with Crippen molar-refractivity contribution in [2.45, 2.75) is 40.5 Å². The fraction of sp³-hybridized carbons (Fsp3) is 1.00. The third kappa shape index (κ3) is 5.53. The van der Waals surface area contributed by atoms with Gasteiger partial charge >= 0.3 is 0 Å². The van der Waals surface area contributed by atoms with Crippen LogP contribution in [0, 0.1) is 11.3 Å². The Balaban J connectivity index is 2.09. The van der Waals surface area contributed by atoms with E-state index in [1.807, 2.05) is 0 Å². The first-order valence-corrected chi connectivity index (χ1v) is 6.44. The minimum absolute atomic E-state index is 0.421. The number of hydrogen-bond donors (Lipinski definition) is 1. The quantitative estimate of drug-likeness (QED) is 0.769. The summed E-state index contributed by atoms with van der Waals surface area (Å²) in [5.41, 5.74) is 0.421. The summed E-state index contributed by atoms with van der Waals surface area (Å²) < 4.78 is 0. The second-order valence-corrected chi connectivity index (χ2v) is 6.07. The first kappa shape index (κ1) is 13.0. The first-order chi connectivity index (χ1) is 7.01. The van der Waals surface area contributed by atoms with Crippen LogP contribution >= 0.6 is 0 Å². The number of rotatable bonds is 4. The lowest BCUT2D eigenvalue weighted by molar-refractivity contribution is 0.187. The topological polar surface area (TPSA) is 15.3 Å². The Hall–Kier alpha value is -0.0800. The van der Waals surface area contributed by atoms with Crippen molar-refractivity contribution in [2.24, 2.45) is 11.3 Å². The molecule has 0 aromatic rings. The van der Waals surface area contributed by atoms with E-state index < -0.39 is 0 Å². The minimum Gasteiger partial charge on any atom is -0.316 e. The Bertz CT molecular complexity index is 164. The van der Waals surface area contributed by atoms with E-state index in [1.165, 1.54) is 39.0 Å². The highest BCUT2D eigenvalue weighted by Gasteiger charge is 2.18. The summed E-state index contributed by atoms with van der Waals surface area (Å²) in [5, 5.41) is 3.61. The average molecular weight is 212 g/mol. The lowest BCUT2D eigenvalue weighted by atomic mass is 9.94. The Morgan fingerprint density at radius 1 is 1.20 bits per heavy atom. The van der Waals surface area contributed by atoms with E-state index >= 15 is 0 Å². The Morgan fingerprint density at radius 3 is 2.27 bits per heavy atom. The maximum atomic E-state index is 3.61. The molecule has 0 unspecified atom stereocenters. The normalized spacial score (nSPS) is 20.8. The van der Waals surface area contributed by atoms with Crippen LogP contribution in [-0.2, 0) is 0 Å². The molecule has 0 spiro atoms. The van der Waals surface area contributed by atoms with E-state index in [1.54, 1.807) is 0 Å². The fourth-order valence-corrected chi connectivity index (χ4v) is 2.16. The second kappa shape index (κ2) is 5.86. The van der Waals surface area contributed by atoms with Crippen molar-refractivity contribution in [3.8, 4) is 0 Å². The van der Waals surface area contributed by atoms with Gasteiger partial charge in [0.15, 0.2) is 0 Å². The standard InChI is InChI=1S/C13H28N2/c1-5-15-8-6-12(7-9-15)10-14-11-13(2,3)4/h12,14H,5-11H2,1-4H3. The molecule has 1 aliphatic heterocycles. The third-order valence-electron chi connectivity index (χ3n) is 3.24. The largest absolute Gasteiger partial charge is 0.316 e. The van der Waals surface area contributed by atoms with Crippen molar-refractivity contribution in [1.82, 2.24) is 10.2 Å². The van der Waals surface area contributed by atoms with Crippen LogP contribution in [0.3, 0.4) is 0 Å². The number of nitrogens with zero attached hydrogens (tertiary/aromatic N) is 1. The molecule has 15 heavy (non-hydrogen) atoms.